The van der Waals surface area contributed by atoms with Gasteiger partial charge in [-0.2, -0.15) is 15.2 Å². The molecule has 3 aliphatic rings. The maximum atomic E-state index is 14.4. The number of amides is 1. The molecule has 2 fully saturated rings. The number of piperazine rings is 1. The third-order valence-electron chi connectivity index (χ3n) is 7.87. The molecule has 1 aromatic carbocycles. The van der Waals surface area contributed by atoms with Crippen molar-refractivity contribution in [2.24, 2.45) is 0 Å². The number of benzene rings is 1. The van der Waals surface area contributed by atoms with Crippen LogP contribution in [0.25, 0.3) is 0 Å². The molecule has 2 saturated heterocycles. The Morgan fingerprint density at radius 2 is 2.13 bits per heavy atom. The predicted molar refractivity (Wildman–Crippen MR) is 142 cm³/mol. The highest BCUT2D eigenvalue weighted by atomic mass is 19.1. The maximum Gasteiger partial charge on any atom is 0.318 e. The monoisotopic (exact) mass is 535 g/mol. The van der Waals surface area contributed by atoms with Crippen LogP contribution in [-0.4, -0.2) is 87.6 Å². The summed E-state index contributed by atoms with van der Waals surface area (Å²) in [6.07, 6.45) is 3.68. The van der Waals surface area contributed by atoms with Crippen LogP contribution in [0, 0.1) is 17.1 Å². The van der Waals surface area contributed by atoms with Crippen molar-refractivity contribution in [3.05, 3.63) is 53.5 Å². The number of nitrogens with zero attached hydrogens (tertiary/aromatic N) is 7. The lowest BCUT2D eigenvalue weighted by molar-refractivity contribution is -0.128. The van der Waals surface area contributed by atoms with E-state index in [1.807, 2.05) is 0 Å². The minimum atomic E-state index is -0.373. The summed E-state index contributed by atoms with van der Waals surface area (Å²) in [5.41, 5.74) is 2.15. The molecule has 0 saturated carbocycles. The number of aromatic nitrogens is 2. The topological polar surface area (TPSA) is 109 Å². The number of aromatic hydroxyl groups is 1. The van der Waals surface area contributed by atoms with Crippen molar-refractivity contribution in [1.82, 2.24) is 24.7 Å². The quantitative estimate of drug-likeness (QED) is 0.510. The molecular formula is C28H34FN7O3. The van der Waals surface area contributed by atoms with Crippen LogP contribution in [-0.2, 0) is 24.4 Å². The predicted octanol–water partition coefficient (Wildman–Crippen LogP) is 2.43. The van der Waals surface area contributed by atoms with Crippen LogP contribution >= 0.6 is 0 Å². The van der Waals surface area contributed by atoms with Gasteiger partial charge in [0.05, 0.1) is 24.2 Å². The first-order chi connectivity index (χ1) is 18.9. The van der Waals surface area contributed by atoms with Gasteiger partial charge in [-0.25, -0.2) is 4.39 Å². The number of likely N-dealkylation sites (tertiary alicyclic amines) is 1. The highest BCUT2D eigenvalue weighted by Gasteiger charge is 2.34. The molecule has 1 N–H and O–H groups in total. The van der Waals surface area contributed by atoms with Gasteiger partial charge < -0.3 is 24.5 Å². The summed E-state index contributed by atoms with van der Waals surface area (Å²) in [6, 6.07) is 6.56. The van der Waals surface area contributed by atoms with Crippen LogP contribution in [0.2, 0.25) is 0 Å². The van der Waals surface area contributed by atoms with E-state index in [2.05, 4.69) is 34.4 Å². The lowest BCUT2D eigenvalue weighted by Gasteiger charge is -2.41. The van der Waals surface area contributed by atoms with Crippen molar-refractivity contribution in [3.8, 4) is 17.8 Å². The molecule has 1 aromatic heterocycles. The Balaban J connectivity index is 1.41. The summed E-state index contributed by atoms with van der Waals surface area (Å²) in [6.45, 7) is 7.85. The molecule has 0 aliphatic carbocycles. The molecule has 2 atom stereocenters. The Morgan fingerprint density at radius 3 is 2.87 bits per heavy atom. The number of halogens is 1. The van der Waals surface area contributed by atoms with Crippen LogP contribution in [0.1, 0.15) is 36.1 Å². The molecule has 2 aromatic rings. The molecule has 4 heterocycles. The number of carbonyl (C=O) groups excluding carboxylic acids is 1. The van der Waals surface area contributed by atoms with Gasteiger partial charge in [-0.1, -0.05) is 6.58 Å². The van der Waals surface area contributed by atoms with Gasteiger partial charge in [0.15, 0.2) is 0 Å². The lowest BCUT2D eigenvalue weighted by Crippen LogP contribution is -2.55. The highest BCUT2D eigenvalue weighted by Crippen LogP contribution is 2.34. The molecule has 206 valence electrons. The van der Waals surface area contributed by atoms with E-state index >= 15 is 0 Å². The van der Waals surface area contributed by atoms with E-state index in [1.54, 1.807) is 4.90 Å². The number of hydrogen-bond acceptors (Lipinski definition) is 9. The normalized spacial score (nSPS) is 21.6. The summed E-state index contributed by atoms with van der Waals surface area (Å²) in [4.78, 5) is 30.1. The first-order valence-electron chi connectivity index (χ1n) is 13.3. The van der Waals surface area contributed by atoms with Crippen LogP contribution < -0.4 is 9.64 Å². The Kier molecular flexibility index (Phi) is 7.95. The average molecular weight is 536 g/mol. The Labute approximate surface area is 227 Å². The van der Waals surface area contributed by atoms with Crippen LogP contribution in [0.4, 0.5) is 10.2 Å². The molecule has 39 heavy (non-hydrogen) atoms. The molecule has 2 unspecified atom stereocenters. The molecule has 0 radical (unpaired) electrons. The molecule has 5 rings (SSSR count). The summed E-state index contributed by atoms with van der Waals surface area (Å²) in [5.74, 6) is 0.183. The van der Waals surface area contributed by atoms with Gasteiger partial charge in [0.1, 0.15) is 24.0 Å². The molecule has 0 spiro atoms. The van der Waals surface area contributed by atoms with E-state index in [0.29, 0.717) is 63.5 Å². The van der Waals surface area contributed by atoms with Crippen LogP contribution in [0.15, 0.2) is 30.9 Å². The molecule has 0 bridgehead atoms. The standard InChI is InChI=1S/C28H34FN7O3/c1-3-26(38)36-12-11-35(15-20(36)8-9-30)27-23-16-34(14-19-13-22(37)6-7-24(19)29)17-25(23)31-28(32-27)39-18-21-5-4-10-33(21)2/h3,6-7,13,20-21,37H,1,4-5,8,10-12,14-18H2,2H3. The number of fused-ring (bicyclic) bond motifs is 1. The van der Waals surface area contributed by atoms with E-state index in [-0.39, 0.29) is 29.9 Å². The number of anilines is 1. The second-order valence-electron chi connectivity index (χ2n) is 10.5. The fourth-order valence-electron chi connectivity index (χ4n) is 5.74. The third kappa shape index (κ3) is 5.82. The Morgan fingerprint density at radius 1 is 1.28 bits per heavy atom. The third-order valence-corrected chi connectivity index (χ3v) is 7.87. The van der Waals surface area contributed by atoms with Crippen LogP contribution in [0.5, 0.6) is 11.8 Å². The van der Waals surface area contributed by atoms with E-state index in [4.69, 9.17) is 14.7 Å². The highest BCUT2D eigenvalue weighted by molar-refractivity contribution is 5.87. The number of carbonyl (C=O) groups is 1. The second-order valence-corrected chi connectivity index (χ2v) is 10.5. The minimum absolute atomic E-state index is 0.0200. The van der Waals surface area contributed by atoms with Crippen LogP contribution in [0.3, 0.4) is 0 Å². The molecule has 11 heteroatoms. The first-order valence-corrected chi connectivity index (χ1v) is 13.3. The van der Waals surface area contributed by atoms with Gasteiger partial charge in [0.25, 0.3) is 0 Å². The lowest BCUT2D eigenvalue weighted by atomic mass is 10.1. The van der Waals surface area contributed by atoms with Crippen molar-refractivity contribution in [3.63, 3.8) is 0 Å². The zero-order valence-corrected chi connectivity index (χ0v) is 22.2. The van der Waals surface area contributed by atoms with Gasteiger partial charge in [0.2, 0.25) is 5.91 Å². The second kappa shape index (κ2) is 11.6. The zero-order valence-electron chi connectivity index (χ0n) is 22.2. The zero-order chi connectivity index (χ0) is 27.5. The number of ether oxygens (including phenoxy) is 1. The van der Waals surface area contributed by atoms with Crippen molar-refractivity contribution in [1.29, 1.82) is 5.26 Å². The van der Waals surface area contributed by atoms with Gasteiger partial charge in [-0.15, -0.1) is 0 Å². The van der Waals surface area contributed by atoms with E-state index in [1.165, 1.54) is 24.3 Å². The van der Waals surface area contributed by atoms with E-state index in [0.717, 1.165) is 36.5 Å². The van der Waals surface area contributed by atoms with Crippen molar-refractivity contribution < 1.29 is 19.0 Å². The minimum Gasteiger partial charge on any atom is -0.508 e. The number of likely N-dealkylation sites (N-methyl/N-ethyl adjacent to an activating group) is 1. The molecule has 10 nitrogen and oxygen atoms in total. The SMILES string of the molecule is C=CC(=O)N1CCN(c2nc(OCC3CCCN3C)nc3c2CN(Cc2cc(O)ccc2F)C3)CC1CC#N. The Bertz CT molecular complexity index is 1280. The number of hydrogen-bond donors (Lipinski definition) is 1. The van der Waals surface area contributed by atoms with Crippen molar-refractivity contribution in [2.75, 3.05) is 44.7 Å². The molecule has 1 amide bonds. The van der Waals surface area contributed by atoms with Gasteiger partial charge in [0, 0.05) is 56.4 Å². The number of nitriles is 1. The average Bonchev–Trinajstić information content (AvgIpc) is 3.53. The van der Waals surface area contributed by atoms with Gasteiger partial charge >= 0.3 is 6.01 Å². The number of phenolic OH excluding ortho intramolecular Hbond substituents is 1. The fourth-order valence-corrected chi connectivity index (χ4v) is 5.74. The smallest absolute Gasteiger partial charge is 0.318 e. The summed E-state index contributed by atoms with van der Waals surface area (Å²) < 4.78 is 20.6. The summed E-state index contributed by atoms with van der Waals surface area (Å²) in [7, 11) is 2.09. The van der Waals surface area contributed by atoms with E-state index in [9.17, 15) is 19.6 Å². The summed E-state index contributed by atoms with van der Waals surface area (Å²) >= 11 is 0. The largest absolute Gasteiger partial charge is 0.508 e. The molecule has 3 aliphatic heterocycles. The van der Waals surface area contributed by atoms with E-state index < -0.39 is 0 Å². The maximum absolute atomic E-state index is 14.4. The first kappa shape index (κ1) is 26.8. The number of phenols is 1. The molecular weight excluding hydrogens is 501 g/mol. The van der Waals surface area contributed by atoms with Gasteiger partial charge in [-0.3, -0.25) is 9.69 Å². The Hall–Kier alpha value is -3.75. The van der Waals surface area contributed by atoms with Gasteiger partial charge in [-0.05, 0) is 50.7 Å². The number of rotatable bonds is 8. The van der Waals surface area contributed by atoms with Crippen molar-refractivity contribution in [2.45, 2.75) is 51.0 Å². The van der Waals surface area contributed by atoms with Crippen molar-refractivity contribution >= 4 is 11.7 Å². The fraction of sp³-hybridized carbons (Fsp3) is 0.500. The summed E-state index contributed by atoms with van der Waals surface area (Å²) in [5, 5.41) is 19.3.